The molecule has 0 radical (unpaired) electrons. The Labute approximate surface area is 154 Å². The predicted molar refractivity (Wildman–Crippen MR) is 97.5 cm³/mol. The summed E-state index contributed by atoms with van der Waals surface area (Å²) in [6, 6.07) is 10.9. The van der Waals surface area contributed by atoms with E-state index in [9.17, 15) is 9.90 Å². The highest BCUT2D eigenvalue weighted by atomic mass is 16.5. The topological polar surface area (TPSA) is 66.2 Å². The van der Waals surface area contributed by atoms with Crippen molar-refractivity contribution in [1.82, 2.24) is 9.80 Å². The van der Waals surface area contributed by atoms with Crippen LogP contribution in [-0.2, 0) is 22.6 Å². The summed E-state index contributed by atoms with van der Waals surface area (Å²) >= 11 is 0. The second-order valence-electron chi connectivity index (χ2n) is 6.91. The maximum Gasteiger partial charge on any atom is 0.236 e. The molecule has 3 rings (SSSR count). The number of morpholine rings is 1. The molecule has 1 aromatic heterocycles. The molecule has 1 N–H and O–H groups in total. The number of carbonyl (C=O) groups excluding carboxylic acids is 1. The fourth-order valence-electron chi connectivity index (χ4n) is 3.35. The van der Waals surface area contributed by atoms with E-state index in [2.05, 4.69) is 0 Å². The molecule has 0 spiro atoms. The molecular formula is C20H26N2O4. The van der Waals surface area contributed by atoms with E-state index in [1.807, 2.05) is 47.9 Å². The van der Waals surface area contributed by atoms with E-state index in [1.54, 1.807) is 18.4 Å². The largest absolute Gasteiger partial charge is 0.508 e. The quantitative estimate of drug-likeness (QED) is 0.860. The Morgan fingerprint density at radius 3 is 2.54 bits per heavy atom. The average Bonchev–Trinajstić information content (AvgIpc) is 3.09. The third kappa shape index (κ3) is 4.86. The van der Waals surface area contributed by atoms with E-state index < -0.39 is 0 Å². The van der Waals surface area contributed by atoms with E-state index in [-0.39, 0.29) is 30.4 Å². The third-order valence-corrected chi connectivity index (χ3v) is 4.48. The molecule has 1 aromatic carbocycles. The Bertz CT molecular complexity index is 706. The number of nitrogens with zero attached hydrogens (tertiary/aromatic N) is 2. The lowest BCUT2D eigenvalue weighted by atomic mass is 10.1. The number of aromatic hydroxyl groups is 1. The number of hydrogen-bond acceptors (Lipinski definition) is 5. The zero-order chi connectivity index (χ0) is 18.5. The second kappa shape index (κ2) is 8.38. The number of rotatable bonds is 6. The molecule has 6 heteroatoms. The highest BCUT2D eigenvalue weighted by molar-refractivity contribution is 5.78. The number of phenols is 1. The molecule has 0 aliphatic carbocycles. The van der Waals surface area contributed by atoms with Gasteiger partial charge in [0.25, 0.3) is 0 Å². The van der Waals surface area contributed by atoms with Gasteiger partial charge in [-0.2, -0.15) is 0 Å². The molecular weight excluding hydrogens is 332 g/mol. The number of amides is 1. The molecule has 6 nitrogen and oxygen atoms in total. The minimum Gasteiger partial charge on any atom is -0.508 e. The molecule has 1 saturated heterocycles. The first kappa shape index (κ1) is 18.5. The van der Waals surface area contributed by atoms with Crippen LogP contribution in [0, 0.1) is 0 Å². The highest BCUT2D eigenvalue weighted by Gasteiger charge is 2.27. The van der Waals surface area contributed by atoms with Gasteiger partial charge in [0.1, 0.15) is 11.5 Å². The van der Waals surface area contributed by atoms with Crippen LogP contribution >= 0.6 is 0 Å². The minimum absolute atomic E-state index is 0.0411. The number of ether oxygens (including phenoxy) is 1. The Kier molecular flexibility index (Phi) is 5.96. The van der Waals surface area contributed by atoms with Crippen molar-refractivity contribution in [3.05, 3.63) is 54.0 Å². The normalized spacial score (nSPS) is 20.5. The molecule has 26 heavy (non-hydrogen) atoms. The lowest BCUT2D eigenvalue weighted by Crippen LogP contribution is -2.50. The molecule has 2 heterocycles. The highest BCUT2D eigenvalue weighted by Crippen LogP contribution is 2.20. The number of para-hydroxylation sites is 1. The molecule has 1 aliphatic rings. The molecule has 0 saturated carbocycles. The number of benzene rings is 1. The first-order valence-electron chi connectivity index (χ1n) is 8.96. The van der Waals surface area contributed by atoms with Crippen LogP contribution in [0.1, 0.15) is 25.2 Å². The van der Waals surface area contributed by atoms with Gasteiger partial charge >= 0.3 is 0 Å². The van der Waals surface area contributed by atoms with Crippen molar-refractivity contribution in [3.8, 4) is 5.75 Å². The van der Waals surface area contributed by atoms with Crippen molar-refractivity contribution >= 4 is 5.91 Å². The van der Waals surface area contributed by atoms with Crippen molar-refractivity contribution in [1.29, 1.82) is 0 Å². The maximum absolute atomic E-state index is 12.8. The van der Waals surface area contributed by atoms with Gasteiger partial charge in [-0.1, -0.05) is 18.2 Å². The summed E-state index contributed by atoms with van der Waals surface area (Å²) in [6.45, 7) is 6.41. The monoisotopic (exact) mass is 358 g/mol. The Hall–Kier alpha value is -2.31. The number of carbonyl (C=O) groups is 1. The fourth-order valence-corrected chi connectivity index (χ4v) is 3.35. The lowest BCUT2D eigenvalue weighted by molar-refractivity contribution is -0.144. The van der Waals surface area contributed by atoms with Crippen LogP contribution in [0.25, 0.3) is 0 Å². The SMILES string of the molecule is CC1CN(C(=O)CN(Cc2ccco2)Cc2ccccc2O)CC(C)O1. The van der Waals surface area contributed by atoms with Crippen LogP contribution in [0.2, 0.25) is 0 Å². The van der Waals surface area contributed by atoms with Gasteiger partial charge in [0.15, 0.2) is 0 Å². The first-order valence-corrected chi connectivity index (χ1v) is 8.96. The Balaban J connectivity index is 1.70. The summed E-state index contributed by atoms with van der Waals surface area (Å²) < 4.78 is 11.2. The van der Waals surface area contributed by atoms with E-state index in [0.717, 1.165) is 11.3 Å². The molecule has 0 bridgehead atoms. The zero-order valence-corrected chi connectivity index (χ0v) is 15.3. The molecule has 2 unspecified atom stereocenters. The van der Waals surface area contributed by atoms with Crippen molar-refractivity contribution < 1.29 is 19.1 Å². The van der Waals surface area contributed by atoms with Crippen molar-refractivity contribution in [2.45, 2.75) is 39.1 Å². The van der Waals surface area contributed by atoms with Crippen molar-refractivity contribution in [3.63, 3.8) is 0 Å². The van der Waals surface area contributed by atoms with E-state index in [4.69, 9.17) is 9.15 Å². The van der Waals surface area contributed by atoms with E-state index in [1.165, 1.54) is 0 Å². The maximum atomic E-state index is 12.8. The van der Waals surface area contributed by atoms with Gasteiger partial charge in [-0.3, -0.25) is 9.69 Å². The van der Waals surface area contributed by atoms with Crippen molar-refractivity contribution in [2.24, 2.45) is 0 Å². The second-order valence-corrected chi connectivity index (χ2v) is 6.91. The summed E-state index contributed by atoms with van der Waals surface area (Å²) in [4.78, 5) is 16.7. The van der Waals surface area contributed by atoms with Gasteiger partial charge in [-0.15, -0.1) is 0 Å². The molecule has 140 valence electrons. The summed E-state index contributed by atoms with van der Waals surface area (Å²) in [5.41, 5.74) is 0.788. The third-order valence-electron chi connectivity index (χ3n) is 4.48. The summed E-state index contributed by atoms with van der Waals surface area (Å²) in [6.07, 6.45) is 1.71. The van der Waals surface area contributed by atoms with E-state index in [0.29, 0.717) is 26.2 Å². The molecule has 1 aliphatic heterocycles. The van der Waals surface area contributed by atoms with Crippen LogP contribution in [0.3, 0.4) is 0 Å². The summed E-state index contributed by atoms with van der Waals surface area (Å²) in [5, 5.41) is 10.1. The van der Waals surface area contributed by atoms with Crippen LogP contribution < -0.4 is 0 Å². The summed E-state index contributed by atoms with van der Waals surface area (Å²) in [5.74, 6) is 1.09. The van der Waals surface area contributed by atoms with Gasteiger partial charge in [0.2, 0.25) is 5.91 Å². The Morgan fingerprint density at radius 1 is 1.15 bits per heavy atom. The number of furan rings is 1. The van der Waals surface area contributed by atoms with Crippen LogP contribution in [0.15, 0.2) is 47.1 Å². The van der Waals surface area contributed by atoms with Crippen LogP contribution in [0.4, 0.5) is 0 Å². The lowest BCUT2D eigenvalue weighted by Gasteiger charge is -2.36. The van der Waals surface area contributed by atoms with Gasteiger partial charge in [0.05, 0.1) is 31.6 Å². The van der Waals surface area contributed by atoms with Crippen LogP contribution in [0.5, 0.6) is 5.75 Å². The number of hydrogen-bond donors (Lipinski definition) is 1. The zero-order valence-electron chi connectivity index (χ0n) is 15.3. The van der Waals surface area contributed by atoms with Gasteiger partial charge in [0, 0.05) is 25.2 Å². The van der Waals surface area contributed by atoms with Gasteiger partial charge in [-0.05, 0) is 32.0 Å². The van der Waals surface area contributed by atoms with Gasteiger partial charge < -0.3 is 19.2 Å². The van der Waals surface area contributed by atoms with Gasteiger partial charge in [-0.25, -0.2) is 0 Å². The standard InChI is InChI=1S/C20H26N2O4/c1-15-10-22(11-16(2)26-15)20(24)14-21(13-18-7-5-9-25-18)12-17-6-3-4-8-19(17)23/h3-9,15-16,23H,10-14H2,1-2H3. The molecule has 2 aromatic rings. The number of phenolic OH excluding ortho intramolecular Hbond substituents is 1. The minimum atomic E-state index is 0.0411. The first-order chi connectivity index (χ1) is 12.5. The molecule has 1 amide bonds. The Morgan fingerprint density at radius 2 is 1.88 bits per heavy atom. The van der Waals surface area contributed by atoms with Crippen molar-refractivity contribution in [2.75, 3.05) is 19.6 Å². The predicted octanol–water partition coefficient (Wildman–Crippen LogP) is 2.62. The van der Waals surface area contributed by atoms with Crippen LogP contribution in [-0.4, -0.2) is 52.7 Å². The average molecular weight is 358 g/mol. The molecule has 2 atom stereocenters. The smallest absolute Gasteiger partial charge is 0.236 e. The van der Waals surface area contributed by atoms with E-state index >= 15 is 0 Å². The summed E-state index contributed by atoms with van der Waals surface area (Å²) in [7, 11) is 0. The fraction of sp³-hybridized carbons (Fsp3) is 0.450. The molecule has 1 fully saturated rings.